The van der Waals surface area contributed by atoms with E-state index < -0.39 is 0 Å². The fourth-order valence-corrected chi connectivity index (χ4v) is 5.00. The Morgan fingerprint density at radius 1 is 1.24 bits per heavy atom. The van der Waals surface area contributed by atoms with Crippen molar-refractivity contribution in [1.29, 1.82) is 0 Å². The molecule has 1 aromatic carbocycles. The van der Waals surface area contributed by atoms with E-state index in [0.29, 0.717) is 0 Å². The van der Waals surface area contributed by atoms with Crippen molar-refractivity contribution in [3.05, 3.63) is 23.3 Å². The van der Waals surface area contributed by atoms with E-state index in [4.69, 9.17) is 9.47 Å². The highest BCUT2D eigenvalue weighted by molar-refractivity contribution is 9.09. The van der Waals surface area contributed by atoms with E-state index in [0.717, 1.165) is 35.4 Å². The highest BCUT2D eigenvalue weighted by Gasteiger charge is 2.38. The maximum absolute atomic E-state index is 5.51. The van der Waals surface area contributed by atoms with Crippen LogP contribution in [0.2, 0.25) is 0 Å². The Balaban J connectivity index is 2.47. The van der Waals surface area contributed by atoms with Gasteiger partial charge in [0.25, 0.3) is 0 Å². The second-order valence-electron chi connectivity index (χ2n) is 6.67. The van der Waals surface area contributed by atoms with E-state index in [1.807, 2.05) is 0 Å². The molecule has 1 heterocycles. The van der Waals surface area contributed by atoms with Gasteiger partial charge in [-0.2, -0.15) is 11.8 Å². The predicted octanol–water partition coefficient (Wildman–Crippen LogP) is 5.02. The van der Waals surface area contributed by atoms with Crippen molar-refractivity contribution in [2.45, 2.75) is 38.4 Å². The molecule has 0 saturated carbocycles. The maximum Gasteiger partial charge on any atom is 0.161 e. The van der Waals surface area contributed by atoms with Crippen LogP contribution in [-0.4, -0.2) is 25.3 Å². The first-order valence-corrected chi connectivity index (χ1v) is 9.41. The van der Waals surface area contributed by atoms with E-state index in [9.17, 15) is 0 Å². The lowest BCUT2D eigenvalue weighted by Gasteiger charge is -2.41. The van der Waals surface area contributed by atoms with Gasteiger partial charge >= 0.3 is 0 Å². The summed E-state index contributed by atoms with van der Waals surface area (Å²) in [5.74, 6) is 2.84. The Hall–Kier alpha value is -0.350. The number of halogens is 1. The quantitative estimate of drug-likeness (QED) is 0.676. The van der Waals surface area contributed by atoms with Gasteiger partial charge in [-0.05, 0) is 54.2 Å². The lowest BCUT2D eigenvalue weighted by atomic mass is 9.79. The van der Waals surface area contributed by atoms with Gasteiger partial charge in [0.1, 0.15) is 0 Å². The monoisotopic (exact) mass is 372 g/mol. The van der Waals surface area contributed by atoms with Gasteiger partial charge < -0.3 is 9.47 Å². The van der Waals surface area contributed by atoms with E-state index >= 15 is 0 Å². The molecule has 1 atom stereocenters. The third-order valence-electron chi connectivity index (χ3n) is 4.15. The summed E-state index contributed by atoms with van der Waals surface area (Å²) in [7, 11) is 3.41. The fourth-order valence-electron chi connectivity index (χ4n) is 3.19. The normalized spacial score (nSPS) is 21.8. The van der Waals surface area contributed by atoms with Gasteiger partial charge in [-0.1, -0.05) is 29.8 Å². The zero-order valence-electron chi connectivity index (χ0n) is 13.6. The average molecular weight is 373 g/mol. The van der Waals surface area contributed by atoms with Crippen molar-refractivity contribution in [3.63, 3.8) is 0 Å². The predicted molar refractivity (Wildman–Crippen MR) is 95.3 cm³/mol. The number of fused-ring (bicyclic) bond motifs is 1. The summed E-state index contributed by atoms with van der Waals surface area (Å²) >= 11 is 5.72. The third kappa shape index (κ3) is 3.53. The minimum absolute atomic E-state index is 0.129. The molecule has 0 N–H and O–H groups in total. The van der Waals surface area contributed by atoms with Gasteiger partial charge in [0, 0.05) is 10.1 Å². The molecule has 0 amide bonds. The molecule has 0 aliphatic carbocycles. The molecular formula is C17H25BrO2S. The summed E-state index contributed by atoms with van der Waals surface area (Å²) < 4.78 is 11.1. The fraction of sp³-hybridized carbons (Fsp3) is 0.647. The van der Waals surface area contributed by atoms with Crippen LogP contribution in [0.5, 0.6) is 11.5 Å². The molecule has 1 aliphatic heterocycles. The molecule has 0 spiro atoms. The lowest BCUT2D eigenvalue weighted by Crippen LogP contribution is -2.31. The van der Waals surface area contributed by atoms with Crippen LogP contribution in [0.25, 0.3) is 0 Å². The summed E-state index contributed by atoms with van der Waals surface area (Å²) in [4.78, 5) is 0. The van der Waals surface area contributed by atoms with Crippen LogP contribution in [0, 0.1) is 5.41 Å². The SMILES string of the molecule is COc1cc2c(cc1OC)C(C)(CC(C)(C)CBr)SCC2. The topological polar surface area (TPSA) is 18.5 Å². The number of thioether (sulfide) groups is 1. The van der Waals surface area contributed by atoms with Gasteiger partial charge in [0.05, 0.1) is 14.2 Å². The highest BCUT2D eigenvalue weighted by atomic mass is 79.9. The molecule has 1 aliphatic rings. The molecule has 1 unspecified atom stereocenters. The van der Waals surface area contributed by atoms with E-state index in [1.165, 1.54) is 11.1 Å². The van der Waals surface area contributed by atoms with E-state index in [2.05, 4.69) is 60.6 Å². The van der Waals surface area contributed by atoms with Gasteiger partial charge in [-0.15, -0.1) is 0 Å². The van der Waals surface area contributed by atoms with Crippen LogP contribution in [0.15, 0.2) is 12.1 Å². The first-order chi connectivity index (χ1) is 9.85. The largest absolute Gasteiger partial charge is 0.493 e. The molecule has 0 radical (unpaired) electrons. The number of aryl methyl sites for hydroxylation is 1. The van der Waals surface area contributed by atoms with Gasteiger partial charge in [-0.3, -0.25) is 0 Å². The number of methoxy groups -OCH3 is 2. The standard InChI is InChI=1S/C17H25BrO2S/c1-16(2,11-18)10-17(3)13-9-15(20-5)14(19-4)8-12(13)6-7-21-17/h8-9H,6-7,10-11H2,1-5H3. The average Bonchev–Trinajstić information content (AvgIpc) is 2.45. The van der Waals surface area contributed by atoms with Crippen molar-refractivity contribution in [3.8, 4) is 11.5 Å². The second kappa shape index (κ2) is 6.41. The summed E-state index contributed by atoms with van der Waals surface area (Å²) in [6.45, 7) is 7.01. The number of alkyl halides is 1. The maximum atomic E-state index is 5.51. The molecule has 2 nitrogen and oxygen atoms in total. The minimum Gasteiger partial charge on any atom is -0.493 e. The third-order valence-corrected chi connectivity index (χ3v) is 7.08. The number of hydrogen-bond donors (Lipinski definition) is 0. The first-order valence-electron chi connectivity index (χ1n) is 7.30. The number of ether oxygens (including phenoxy) is 2. The molecule has 4 heteroatoms. The molecule has 2 rings (SSSR count). The van der Waals surface area contributed by atoms with E-state index in [-0.39, 0.29) is 10.2 Å². The lowest BCUT2D eigenvalue weighted by molar-refractivity contribution is 0.334. The molecule has 0 aromatic heterocycles. The van der Waals surface area contributed by atoms with Crippen LogP contribution >= 0.6 is 27.7 Å². The van der Waals surface area contributed by atoms with Gasteiger partial charge in [-0.25, -0.2) is 0 Å². The van der Waals surface area contributed by atoms with Crippen LogP contribution in [0.4, 0.5) is 0 Å². The number of benzene rings is 1. The van der Waals surface area contributed by atoms with Crippen LogP contribution in [0.3, 0.4) is 0 Å². The Kier molecular flexibility index (Phi) is 5.19. The first kappa shape index (κ1) is 17.0. The van der Waals surface area contributed by atoms with Crippen molar-refractivity contribution < 1.29 is 9.47 Å². The van der Waals surface area contributed by atoms with Gasteiger partial charge in [0.2, 0.25) is 0 Å². The summed E-state index contributed by atoms with van der Waals surface area (Å²) in [6, 6.07) is 4.35. The Bertz CT molecular complexity index is 516. The summed E-state index contributed by atoms with van der Waals surface area (Å²) in [6.07, 6.45) is 2.24. The molecule has 118 valence electrons. The van der Waals surface area contributed by atoms with Crippen LogP contribution < -0.4 is 9.47 Å². The molecule has 0 fully saturated rings. The smallest absolute Gasteiger partial charge is 0.161 e. The van der Waals surface area contributed by atoms with Crippen molar-refractivity contribution in [2.24, 2.45) is 5.41 Å². The second-order valence-corrected chi connectivity index (χ2v) is 8.83. The molecule has 0 bridgehead atoms. The summed E-state index contributed by atoms with van der Waals surface area (Å²) in [5.41, 5.74) is 3.08. The van der Waals surface area contributed by atoms with Crippen molar-refractivity contribution in [2.75, 3.05) is 25.3 Å². The Labute approximate surface area is 141 Å². The molecule has 0 saturated heterocycles. The van der Waals surface area contributed by atoms with Crippen molar-refractivity contribution >= 4 is 27.7 Å². The van der Waals surface area contributed by atoms with Crippen LogP contribution in [0.1, 0.15) is 38.3 Å². The summed E-state index contributed by atoms with van der Waals surface area (Å²) in [5, 5.41) is 1.01. The van der Waals surface area contributed by atoms with Crippen LogP contribution in [-0.2, 0) is 11.2 Å². The molecule has 21 heavy (non-hydrogen) atoms. The van der Waals surface area contributed by atoms with Crippen molar-refractivity contribution in [1.82, 2.24) is 0 Å². The number of hydrogen-bond acceptors (Lipinski definition) is 3. The molecule has 1 aromatic rings. The zero-order valence-corrected chi connectivity index (χ0v) is 16.0. The zero-order chi connectivity index (χ0) is 15.7. The Morgan fingerprint density at radius 3 is 2.43 bits per heavy atom. The highest BCUT2D eigenvalue weighted by Crippen LogP contribution is 2.51. The van der Waals surface area contributed by atoms with Gasteiger partial charge in [0.15, 0.2) is 11.5 Å². The molecular weight excluding hydrogens is 348 g/mol. The number of rotatable bonds is 5. The Morgan fingerprint density at radius 2 is 1.86 bits per heavy atom. The minimum atomic E-state index is 0.129. The van der Waals surface area contributed by atoms with E-state index in [1.54, 1.807) is 14.2 Å².